The van der Waals surface area contributed by atoms with E-state index >= 15 is 0 Å². The molecule has 1 aliphatic carbocycles. The van der Waals surface area contributed by atoms with Crippen LogP contribution >= 0.6 is 0 Å². The van der Waals surface area contributed by atoms with Crippen LogP contribution in [0.1, 0.15) is 34.6 Å². The number of benzene rings is 3. The van der Waals surface area contributed by atoms with Crippen molar-refractivity contribution in [3.63, 3.8) is 0 Å². The number of carboxylic acid groups (broad SMARTS) is 1. The lowest BCUT2D eigenvalue weighted by Crippen LogP contribution is -2.42. The summed E-state index contributed by atoms with van der Waals surface area (Å²) in [7, 11) is 3.11. The van der Waals surface area contributed by atoms with E-state index in [9.17, 15) is 14.7 Å². The Bertz CT molecular complexity index is 1330. The molecule has 1 atom stereocenters. The third kappa shape index (κ3) is 4.82. The van der Waals surface area contributed by atoms with E-state index in [0.717, 1.165) is 33.4 Å². The van der Waals surface area contributed by atoms with Crippen LogP contribution in [-0.2, 0) is 20.9 Å². The zero-order valence-corrected chi connectivity index (χ0v) is 20.5. The fraction of sp³-hybridized carbons (Fsp3) is 0.241. The van der Waals surface area contributed by atoms with Crippen molar-refractivity contribution in [3.8, 4) is 22.6 Å². The minimum absolute atomic E-state index is 0.0344. The number of hydrogen-bond donors (Lipinski definition) is 2. The van der Waals surface area contributed by atoms with Gasteiger partial charge < -0.3 is 29.4 Å². The summed E-state index contributed by atoms with van der Waals surface area (Å²) in [6.45, 7) is 0.346. The number of carbonyl (C=O) groups is 2. The molecule has 2 N–H and O–H groups in total. The number of aliphatic carboxylic acids is 1. The fourth-order valence-corrected chi connectivity index (χ4v) is 4.88. The molecule has 1 amide bonds. The fourth-order valence-electron chi connectivity index (χ4n) is 4.88. The zero-order chi connectivity index (χ0) is 25.9. The molecule has 0 fully saturated rings. The number of methoxy groups -OCH3 is 2. The van der Waals surface area contributed by atoms with Crippen molar-refractivity contribution in [1.29, 1.82) is 0 Å². The summed E-state index contributed by atoms with van der Waals surface area (Å²) in [6, 6.07) is 18.5. The summed E-state index contributed by atoms with van der Waals surface area (Å²) in [5.41, 5.74) is 6.12. The van der Waals surface area contributed by atoms with E-state index in [2.05, 4.69) is 17.4 Å². The first-order chi connectivity index (χ1) is 18.0. The van der Waals surface area contributed by atoms with Crippen molar-refractivity contribution in [2.24, 2.45) is 0 Å². The van der Waals surface area contributed by atoms with Crippen molar-refractivity contribution in [2.45, 2.75) is 25.0 Å². The number of carboxylic acids is 1. The van der Waals surface area contributed by atoms with Gasteiger partial charge in [0, 0.05) is 17.9 Å². The minimum Gasteiger partial charge on any atom is -0.493 e. The first-order valence-electron chi connectivity index (χ1n) is 11.9. The molecule has 0 saturated heterocycles. The normalized spacial score (nSPS) is 14.3. The second-order valence-corrected chi connectivity index (χ2v) is 8.87. The molecule has 37 heavy (non-hydrogen) atoms. The smallest absolute Gasteiger partial charge is 0.407 e. The van der Waals surface area contributed by atoms with Gasteiger partial charge in [0.05, 0.1) is 20.0 Å². The van der Waals surface area contributed by atoms with Crippen molar-refractivity contribution in [2.75, 3.05) is 20.8 Å². The number of nitrogens with one attached hydrogen (secondary N) is 1. The van der Waals surface area contributed by atoms with Crippen LogP contribution in [0, 0.1) is 0 Å². The van der Waals surface area contributed by atoms with Crippen LogP contribution in [0.4, 0.5) is 4.79 Å². The van der Waals surface area contributed by atoms with Gasteiger partial charge in [-0.25, -0.2) is 9.59 Å². The number of amides is 1. The van der Waals surface area contributed by atoms with Gasteiger partial charge in [-0.05, 0) is 46.0 Å². The van der Waals surface area contributed by atoms with Crippen LogP contribution in [0.2, 0.25) is 0 Å². The Hall–Kier alpha value is -4.46. The van der Waals surface area contributed by atoms with Gasteiger partial charge in [0.1, 0.15) is 19.3 Å². The highest BCUT2D eigenvalue weighted by molar-refractivity contribution is 5.81. The van der Waals surface area contributed by atoms with Crippen LogP contribution in [0.3, 0.4) is 0 Å². The van der Waals surface area contributed by atoms with E-state index in [1.54, 1.807) is 20.3 Å². The molecule has 0 radical (unpaired) electrons. The average Bonchev–Trinajstić information content (AvgIpc) is 3.24. The van der Waals surface area contributed by atoms with Gasteiger partial charge >= 0.3 is 12.1 Å². The Kier molecular flexibility index (Phi) is 6.72. The number of ether oxygens (including phenoxy) is 4. The third-order valence-electron chi connectivity index (χ3n) is 6.71. The zero-order valence-electron chi connectivity index (χ0n) is 20.5. The average molecular weight is 502 g/mol. The maximum Gasteiger partial charge on any atom is 0.407 e. The molecule has 190 valence electrons. The van der Waals surface area contributed by atoms with Crippen LogP contribution in [0.25, 0.3) is 17.2 Å². The van der Waals surface area contributed by atoms with Crippen molar-refractivity contribution >= 4 is 18.1 Å². The number of rotatable bonds is 8. The van der Waals surface area contributed by atoms with Crippen LogP contribution in [0.5, 0.6) is 11.5 Å². The quantitative estimate of drug-likeness (QED) is 0.450. The van der Waals surface area contributed by atoms with Crippen LogP contribution in [-0.4, -0.2) is 44.0 Å². The van der Waals surface area contributed by atoms with Gasteiger partial charge in [0.15, 0.2) is 11.5 Å². The SMILES string of the molecule is COc1cc2c(cc1OC)COC(C[C@H](NC(=O)OCC1c3ccccc3-c3ccccc31)C(=O)O)=C2. The Labute approximate surface area is 214 Å². The number of carbonyl (C=O) groups excluding carboxylic acids is 1. The second-order valence-electron chi connectivity index (χ2n) is 8.87. The Morgan fingerprint density at radius 1 is 1.00 bits per heavy atom. The molecule has 0 spiro atoms. The topological polar surface area (TPSA) is 103 Å². The van der Waals surface area contributed by atoms with E-state index in [1.165, 1.54) is 0 Å². The molecular formula is C29H27NO7. The Morgan fingerprint density at radius 3 is 2.24 bits per heavy atom. The van der Waals surface area contributed by atoms with Crippen molar-refractivity contribution in [3.05, 3.63) is 88.7 Å². The summed E-state index contributed by atoms with van der Waals surface area (Å²) in [6.07, 6.45) is 0.918. The molecule has 2 aliphatic rings. The van der Waals surface area contributed by atoms with Crippen LogP contribution < -0.4 is 14.8 Å². The van der Waals surface area contributed by atoms with E-state index in [4.69, 9.17) is 18.9 Å². The Morgan fingerprint density at radius 2 is 1.62 bits per heavy atom. The first-order valence-corrected chi connectivity index (χ1v) is 11.9. The van der Waals surface area contributed by atoms with E-state index in [0.29, 0.717) is 17.3 Å². The number of alkyl carbamates (subject to hydrolysis) is 1. The molecule has 3 aromatic rings. The van der Waals surface area contributed by atoms with Gasteiger partial charge in [-0.1, -0.05) is 48.5 Å². The highest BCUT2D eigenvalue weighted by atomic mass is 16.5. The third-order valence-corrected chi connectivity index (χ3v) is 6.71. The molecule has 8 nitrogen and oxygen atoms in total. The molecule has 1 aliphatic heterocycles. The molecular weight excluding hydrogens is 474 g/mol. The van der Waals surface area contributed by atoms with Gasteiger partial charge in [0.25, 0.3) is 0 Å². The maximum absolute atomic E-state index is 12.6. The number of hydrogen-bond acceptors (Lipinski definition) is 6. The summed E-state index contributed by atoms with van der Waals surface area (Å²) in [5.74, 6) is 0.281. The lowest BCUT2D eigenvalue weighted by atomic mass is 9.98. The standard InChI is InChI=1S/C29H27NO7/c1-34-26-12-17-11-19(36-15-18(17)13-27(26)35-2)14-25(28(31)32)30-29(33)37-16-24-22-9-5-3-7-20(22)21-8-4-6-10-23(21)24/h3-13,24-25H,14-16H2,1-2H3,(H,30,33)(H,31,32)/t25-/m0/s1. The predicted molar refractivity (Wildman–Crippen MR) is 137 cm³/mol. The van der Waals surface area contributed by atoms with E-state index in [1.807, 2.05) is 48.5 Å². The summed E-state index contributed by atoms with van der Waals surface area (Å²) in [4.78, 5) is 24.6. The van der Waals surface area contributed by atoms with E-state index < -0.39 is 18.1 Å². The predicted octanol–water partition coefficient (Wildman–Crippen LogP) is 4.96. The lowest BCUT2D eigenvalue weighted by Gasteiger charge is -2.22. The van der Waals surface area contributed by atoms with Crippen molar-refractivity contribution < 1.29 is 33.6 Å². The maximum atomic E-state index is 12.6. The minimum atomic E-state index is -1.22. The number of fused-ring (bicyclic) bond motifs is 4. The lowest BCUT2D eigenvalue weighted by molar-refractivity contribution is -0.139. The largest absolute Gasteiger partial charge is 0.493 e. The molecule has 1 heterocycles. The summed E-state index contributed by atoms with van der Waals surface area (Å²) in [5, 5.41) is 12.2. The Balaban J connectivity index is 1.26. The highest BCUT2D eigenvalue weighted by Crippen LogP contribution is 2.44. The molecule has 0 unspecified atom stereocenters. The monoisotopic (exact) mass is 501 g/mol. The summed E-state index contributed by atoms with van der Waals surface area (Å²) >= 11 is 0. The van der Waals surface area contributed by atoms with Crippen LogP contribution in [0.15, 0.2) is 66.4 Å². The molecule has 0 bridgehead atoms. The second kappa shape index (κ2) is 10.3. The molecule has 5 rings (SSSR count). The van der Waals surface area contributed by atoms with Crippen molar-refractivity contribution in [1.82, 2.24) is 5.32 Å². The molecule has 0 aromatic heterocycles. The first kappa shape index (κ1) is 24.2. The molecule has 8 heteroatoms. The summed E-state index contributed by atoms with van der Waals surface area (Å²) < 4.78 is 22.0. The highest BCUT2D eigenvalue weighted by Gasteiger charge is 2.30. The molecule has 3 aromatic carbocycles. The molecule has 0 saturated carbocycles. The van der Waals surface area contributed by atoms with Gasteiger partial charge in [0.2, 0.25) is 0 Å². The van der Waals surface area contributed by atoms with E-state index in [-0.39, 0.29) is 25.6 Å². The van der Waals surface area contributed by atoms with Gasteiger partial charge in [-0.3, -0.25) is 0 Å². The van der Waals surface area contributed by atoms with Gasteiger partial charge in [-0.2, -0.15) is 0 Å². The van der Waals surface area contributed by atoms with Gasteiger partial charge in [-0.15, -0.1) is 0 Å².